The van der Waals surface area contributed by atoms with E-state index in [0.29, 0.717) is 11.0 Å². The Morgan fingerprint density at radius 1 is 1.58 bits per heavy atom. The van der Waals surface area contributed by atoms with Crippen molar-refractivity contribution in [3.05, 3.63) is 16.6 Å². The van der Waals surface area contributed by atoms with Crippen molar-refractivity contribution >= 4 is 17.0 Å². The van der Waals surface area contributed by atoms with Crippen molar-refractivity contribution in [3.8, 4) is 0 Å². The van der Waals surface area contributed by atoms with E-state index >= 15 is 0 Å². The van der Waals surface area contributed by atoms with Gasteiger partial charge in [-0.05, 0) is 0 Å². The van der Waals surface area contributed by atoms with E-state index in [9.17, 15) is 4.79 Å². The number of H-pyrrole nitrogens is 2. The molecule has 0 aromatic carbocycles. The van der Waals surface area contributed by atoms with Crippen LogP contribution in [0.25, 0.3) is 11.0 Å². The molecule has 2 aromatic rings. The summed E-state index contributed by atoms with van der Waals surface area (Å²) in [6, 6.07) is 0. The van der Waals surface area contributed by atoms with Gasteiger partial charge in [0.15, 0.2) is 5.65 Å². The molecule has 0 fully saturated rings. The molecule has 0 atom stereocenters. The molecule has 7 heteroatoms. The minimum Gasteiger partial charge on any atom is -0.294 e. The fourth-order valence-electron chi connectivity index (χ4n) is 0.914. The second kappa shape index (κ2) is 2.31. The van der Waals surface area contributed by atoms with Gasteiger partial charge in [0.25, 0.3) is 5.56 Å². The fraction of sp³-hybridized carbons (Fsp3) is 0. The van der Waals surface area contributed by atoms with E-state index in [-0.39, 0.29) is 11.5 Å². The minimum absolute atomic E-state index is 0.205. The van der Waals surface area contributed by atoms with E-state index in [1.54, 1.807) is 0 Å². The van der Waals surface area contributed by atoms with Gasteiger partial charge in [-0.15, -0.1) is 0 Å². The average molecular weight is 166 g/mol. The van der Waals surface area contributed by atoms with E-state index in [1.807, 2.05) is 0 Å². The van der Waals surface area contributed by atoms with Gasteiger partial charge in [-0.3, -0.25) is 20.3 Å². The molecule has 12 heavy (non-hydrogen) atoms. The number of nitrogen functional groups attached to an aromatic ring is 1. The summed E-state index contributed by atoms with van der Waals surface area (Å²) in [6.45, 7) is 0. The zero-order chi connectivity index (χ0) is 8.55. The van der Waals surface area contributed by atoms with Gasteiger partial charge in [-0.1, -0.05) is 0 Å². The summed E-state index contributed by atoms with van der Waals surface area (Å²) in [5.74, 6) is 5.27. The number of nitrogens with one attached hydrogen (secondary N) is 3. The van der Waals surface area contributed by atoms with Gasteiger partial charge in [-0.25, -0.2) is 5.84 Å². The predicted molar refractivity (Wildman–Crippen MR) is 42.3 cm³/mol. The Kier molecular flexibility index (Phi) is 1.31. The zero-order valence-corrected chi connectivity index (χ0v) is 5.96. The highest BCUT2D eigenvalue weighted by molar-refractivity contribution is 5.73. The number of rotatable bonds is 1. The van der Waals surface area contributed by atoms with Crippen LogP contribution in [0.1, 0.15) is 0 Å². The SMILES string of the molecule is NNc1nc2[nH]ncc2c(=O)[nH]1. The van der Waals surface area contributed by atoms with Crippen molar-refractivity contribution in [1.29, 1.82) is 0 Å². The molecular formula is C5H6N6O. The van der Waals surface area contributed by atoms with Crippen LogP contribution in [0.15, 0.2) is 11.0 Å². The Balaban J connectivity index is 2.84. The summed E-state index contributed by atoms with van der Waals surface area (Å²) in [5, 5.41) is 6.63. The third-order valence-corrected chi connectivity index (χ3v) is 1.46. The van der Waals surface area contributed by atoms with Crippen LogP contribution in [0.5, 0.6) is 0 Å². The summed E-state index contributed by atoms with van der Waals surface area (Å²) >= 11 is 0. The van der Waals surface area contributed by atoms with Crippen LogP contribution in [-0.4, -0.2) is 20.2 Å². The maximum Gasteiger partial charge on any atom is 0.263 e. The van der Waals surface area contributed by atoms with Gasteiger partial charge in [0.1, 0.15) is 5.39 Å². The lowest BCUT2D eigenvalue weighted by molar-refractivity contribution is 1.07. The van der Waals surface area contributed by atoms with Gasteiger partial charge in [0.2, 0.25) is 5.95 Å². The smallest absolute Gasteiger partial charge is 0.263 e. The normalized spacial score (nSPS) is 10.4. The molecule has 0 unspecified atom stereocenters. The molecule has 0 amide bonds. The van der Waals surface area contributed by atoms with Crippen LogP contribution in [0.4, 0.5) is 5.95 Å². The van der Waals surface area contributed by atoms with Crippen molar-refractivity contribution in [2.45, 2.75) is 0 Å². The molecule has 0 saturated heterocycles. The van der Waals surface area contributed by atoms with Crippen LogP contribution in [-0.2, 0) is 0 Å². The topological polar surface area (TPSA) is 112 Å². The summed E-state index contributed by atoms with van der Waals surface area (Å²) in [7, 11) is 0. The Morgan fingerprint density at radius 3 is 3.17 bits per heavy atom. The maximum absolute atomic E-state index is 11.2. The molecule has 0 aliphatic carbocycles. The van der Waals surface area contributed by atoms with Crippen molar-refractivity contribution in [3.63, 3.8) is 0 Å². The lowest BCUT2D eigenvalue weighted by Gasteiger charge is -1.95. The van der Waals surface area contributed by atoms with Gasteiger partial charge in [-0.2, -0.15) is 10.1 Å². The number of aromatic amines is 2. The van der Waals surface area contributed by atoms with Crippen LogP contribution in [0.2, 0.25) is 0 Å². The molecule has 62 valence electrons. The zero-order valence-electron chi connectivity index (χ0n) is 5.96. The quantitative estimate of drug-likeness (QED) is 0.318. The average Bonchev–Trinajstić information content (AvgIpc) is 2.52. The molecular weight excluding hydrogens is 160 g/mol. The van der Waals surface area contributed by atoms with E-state index in [0.717, 1.165) is 0 Å². The minimum atomic E-state index is -0.276. The van der Waals surface area contributed by atoms with Crippen LogP contribution < -0.4 is 16.8 Å². The van der Waals surface area contributed by atoms with Crippen LogP contribution in [0, 0.1) is 0 Å². The largest absolute Gasteiger partial charge is 0.294 e. The molecule has 0 aliphatic rings. The van der Waals surface area contributed by atoms with Gasteiger partial charge < -0.3 is 0 Å². The third-order valence-electron chi connectivity index (χ3n) is 1.46. The molecule has 0 aliphatic heterocycles. The first kappa shape index (κ1) is 6.80. The van der Waals surface area contributed by atoms with Crippen LogP contribution >= 0.6 is 0 Å². The maximum atomic E-state index is 11.2. The first-order chi connectivity index (χ1) is 5.81. The number of nitrogens with zero attached hydrogens (tertiary/aromatic N) is 2. The fourth-order valence-corrected chi connectivity index (χ4v) is 0.914. The predicted octanol–water partition coefficient (Wildman–Crippen LogP) is -1.07. The Bertz CT molecular complexity index is 456. The van der Waals surface area contributed by atoms with E-state index in [2.05, 4.69) is 25.6 Å². The molecule has 0 spiro atoms. The van der Waals surface area contributed by atoms with E-state index < -0.39 is 0 Å². The highest BCUT2D eigenvalue weighted by Crippen LogP contribution is 2.01. The van der Waals surface area contributed by atoms with E-state index in [1.165, 1.54) is 6.20 Å². The molecule has 5 N–H and O–H groups in total. The Hall–Kier alpha value is -1.89. The molecule has 2 aromatic heterocycles. The second-order valence-electron chi connectivity index (χ2n) is 2.19. The highest BCUT2D eigenvalue weighted by Gasteiger charge is 2.02. The van der Waals surface area contributed by atoms with Crippen molar-refractivity contribution in [2.75, 3.05) is 5.43 Å². The summed E-state index contributed by atoms with van der Waals surface area (Å²) in [4.78, 5) is 17.5. The van der Waals surface area contributed by atoms with E-state index in [4.69, 9.17) is 5.84 Å². The first-order valence-corrected chi connectivity index (χ1v) is 3.21. The van der Waals surface area contributed by atoms with Crippen molar-refractivity contribution in [1.82, 2.24) is 20.2 Å². The molecule has 2 rings (SSSR count). The first-order valence-electron chi connectivity index (χ1n) is 3.21. The number of aromatic nitrogens is 4. The lowest BCUT2D eigenvalue weighted by atomic mass is 10.4. The summed E-state index contributed by atoms with van der Waals surface area (Å²) in [5.41, 5.74) is 2.37. The lowest BCUT2D eigenvalue weighted by Crippen LogP contribution is -2.16. The number of hydrogen-bond acceptors (Lipinski definition) is 5. The van der Waals surface area contributed by atoms with Gasteiger partial charge in [0, 0.05) is 0 Å². The summed E-state index contributed by atoms with van der Waals surface area (Å²) < 4.78 is 0. The second-order valence-corrected chi connectivity index (χ2v) is 2.19. The van der Waals surface area contributed by atoms with Gasteiger partial charge in [0.05, 0.1) is 6.20 Å². The molecule has 0 bridgehead atoms. The van der Waals surface area contributed by atoms with Crippen LogP contribution in [0.3, 0.4) is 0 Å². The number of fused-ring (bicyclic) bond motifs is 1. The Morgan fingerprint density at radius 2 is 2.42 bits per heavy atom. The molecule has 0 radical (unpaired) electrons. The number of anilines is 1. The molecule has 2 heterocycles. The summed E-state index contributed by atoms with van der Waals surface area (Å²) in [6.07, 6.45) is 1.40. The monoisotopic (exact) mass is 166 g/mol. The third kappa shape index (κ3) is 0.839. The molecule has 0 saturated carbocycles. The molecule has 7 nitrogen and oxygen atoms in total. The standard InChI is InChI=1S/C5H6N6O/c6-10-5-8-3-2(1-7-11-3)4(12)9-5/h1H,6H2,(H3,7,8,9,10,11,12). The van der Waals surface area contributed by atoms with Crippen molar-refractivity contribution in [2.24, 2.45) is 5.84 Å². The highest BCUT2D eigenvalue weighted by atomic mass is 16.1. The van der Waals surface area contributed by atoms with Gasteiger partial charge >= 0.3 is 0 Å². The number of hydrazine groups is 1. The number of hydrogen-bond donors (Lipinski definition) is 4. The number of nitrogens with two attached hydrogens (primary N) is 1. The Labute approximate surface area is 66.0 Å². The van der Waals surface area contributed by atoms with Crippen molar-refractivity contribution < 1.29 is 0 Å².